The van der Waals surface area contributed by atoms with Crippen LogP contribution in [-0.2, 0) is 11.3 Å². The van der Waals surface area contributed by atoms with Crippen molar-refractivity contribution in [3.05, 3.63) is 23.4 Å². The van der Waals surface area contributed by atoms with Crippen molar-refractivity contribution in [2.75, 3.05) is 13.7 Å². The minimum atomic E-state index is 0.231. The molecule has 1 aromatic rings. The van der Waals surface area contributed by atoms with Crippen molar-refractivity contribution in [1.82, 2.24) is 10.3 Å². The largest absolute Gasteiger partial charge is 0.474 e. The Labute approximate surface area is 121 Å². The summed E-state index contributed by atoms with van der Waals surface area (Å²) in [5, 5.41) is 3.34. The third-order valence-corrected chi connectivity index (χ3v) is 3.77. The standard InChI is InChI=1S/C16H26N2O2/c1-4-17-11-13-8-12(2)18-16(9-13)20-15-7-5-6-14(10-15)19-3/h8-9,14-15,17H,4-7,10-11H2,1-3H3. The van der Waals surface area contributed by atoms with Crippen molar-refractivity contribution in [3.63, 3.8) is 0 Å². The summed E-state index contributed by atoms with van der Waals surface area (Å²) in [7, 11) is 1.78. The van der Waals surface area contributed by atoms with E-state index in [0.29, 0.717) is 6.10 Å². The highest BCUT2D eigenvalue weighted by Gasteiger charge is 2.23. The van der Waals surface area contributed by atoms with Crippen LogP contribution in [0.25, 0.3) is 0 Å². The molecule has 1 aliphatic rings. The van der Waals surface area contributed by atoms with Crippen molar-refractivity contribution in [3.8, 4) is 5.88 Å². The molecule has 0 saturated heterocycles. The zero-order valence-corrected chi connectivity index (χ0v) is 12.8. The number of pyridine rings is 1. The maximum absolute atomic E-state index is 6.07. The van der Waals surface area contributed by atoms with Crippen LogP contribution >= 0.6 is 0 Å². The van der Waals surface area contributed by atoms with Crippen LogP contribution in [0, 0.1) is 6.92 Å². The molecule has 2 rings (SSSR count). The molecule has 0 aromatic carbocycles. The summed E-state index contributed by atoms with van der Waals surface area (Å²) in [6.07, 6.45) is 4.93. The first-order valence-electron chi connectivity index (χ1n) is 7.59. The van der Waals surface area contributed by atoms with E-state index in [1.807, 2.05) is 13.0 Å². The highest BCUT2D eigenvalue weighted by atomic mass is 16.5. The van der Waals surface area contributed by atoms with Crippen LogP contribution in [0.1, 0.15) is 43.9 Å². The Hall–Kier alpha value is -1.13. The molecule has 1 fully saturated rings. The van der Waals surface area contributed by atoms with E-state index in [4.69, 9.17) is 9.47 Å². The zero-order valence-electron chi connectivity index (χ0n) is 12.8. The molecule has 2 atom stereocenters. The lowest BCUT2D eigenvalue weighted by Crippen LogP contribution is -2.29. The molecule has 0 radical (unpaired) electrons. The predicted molar refractivity (Wildman–Crippen MR) is 80.0 cm³/mol. The molecule has 112 valence electrons. The summed E-state index contributed by atoms with van der Waals surface area (Å²) in [5.74, 6) is 0.750. The minimum absolute atomic E-state index is 0.231. The van der Waals surface area contributed by atoms with Crippen molar-refractivity contribution in [2.45, 2.75) is 58.3 Å². The van der Waals surface area contributed by atoms with E-state index >= 15 is 0 Å². The smallest absolute Gasteiger partial charge is 0.214 e. The molecule has 0 spiro atoms. The molecule has 4 nitrogen and oxygen atoms in total. The van der Waals surface area contributed by atoms with Crippen LogP contribution in [-0.4, -0.2) is 30.8 Å². The monoisotopic (exact) mass is 278 g/mol. The second-order valence-corrected chi connectivity index (χ2v) is 5.50. The average Bonchev–Trinajstić information content (AvgIpc) is 2.44. The Morgan fingerprint density at radius 1 is 1.30 bits per heavy atom. The van der Waals surface area contributed by atoms with Crippen LogP contribution in [0.5, 0.6) is 5.88 Å². The normalized spacial score (nSPS) is 22.8. The summed E-state index contributed by atoms with van der Waals surface area (Å²) in [6, 6.07) is 4.15. The molecular formula is C16H26N2O2. The number of methoxy groups -OCH3 is 1. The fourth-order valence-corrected chi connectivity index (χ4v) is 2.73. The van der Waals surface area contributed by atoms with Crippen LogP contribution in [0.4, 0.5) is 0 Å². The SMILES string of the molecule is CCNCc1cc(C)nc(OC2CCCC(OC)C2)c1. The van der Waals surface area contributed by atoms with Gasteiger partial charge in [-0.25, -0.2) is 4.98 Å². The quantitative estimate of drug-likeness (QED) is 0.869. The van der Waals surface area contributed by atoms with Gasteiger partial charge in [-0.3, -0.25) is 0 Å². The minimum Gasteiger partial charge on any atom is -0.474 e. The first-order chi connectivity index (χ1) is 9.71. The van der Waals surface area contributed by atoms with E-state index in [2.05, 4.69) is 23.3 Å². The molecule has 0 bridgehead atoms. The maximum atomic E-state index is 6.07. The molecule has 4 heteroatoms. The molecule has 1 N–H and O–H groups in total. The second-order valence-electron chi connectivity index (χ2n) is 5.50. The molecule has 0 aliphatic heterocycles. The van der Waals surface area contributed by atoms with Crippen LogP contribution < -0.4 is 10.1 Å². The maximum Gasteiger partial charge on any atom is 0.214 e. The first-order valence-corrected chi connectivity index (χ1v) is 7.59. The Balaban J connectivity index is 1.99. The Morgan fingerprint density at radius 2 is 2.10 bits per heavy atom. The summed E-state index contributed by atoms with van der Waals surface area (Å²) in [6.45, 7) is 5.96. The zero-order chi connectivity index (χ0) is 14.4. The molecule has 1 saturated carbocycles. The number of ether oxygens (including phenoxy) is 2. The van der Waals surface area contributed by atoms with Gasteiger partial charge in [0.1, 0.15) is 6.10 Å². The van der Waals surface area contributed by atoms with Crippen molar-refractivity contribution >= 4 is 0 Å². The summed E-state index contributed by atoms with van der Waals surface area (Å²) in [4.78, 5) is 4.50. The van der Waals surface area contributed by atoms with Crippen LogP contribution in [0.3, 0.4) is 0 Å². The number of nitrogens with one attached hydrogen (secondary N) is 1. The number of hydrogen-bond acceptors (Lipinski definition) is 4. The molecule has 1 aromatic heterocycles. The number of hydrogen-bond donors (Lipinski definition) is 1. The van der Waals surface area contributed by atoms with Gasteiger partial charge >= 0.3 is 0 Å². The van der Waals surface area contributed by atoms with Gasteiger partial charge in [0.15, 0.2) is 0 Å². The third kappa shape index (κ3) is 4.46. The second kappa shape index (κ2) is 7.60. The summed E-state index contributed by atoms with van der Waals surface area (Å²) < 4.78 is 11.5. The fraction of sp³-hybridized carbons (Fsp3) is 0.688. The van der Waals surface area contributed by atoms with Gasteiger partial charge in [0.05, 0.1) is 6.10 Å². The lowest BCUT2D eigenvalue weighted by atomic mass is 9.95. The van der Waals surface area contributed by atoms with Gasteiger partial charge in [-0.1, -0.05) is 6.92 Å². The van der Waals surface area contributed by atoms with E-state index < -0.39 is 0 Å². The fourth-order valence-electron chi connectivity index (χ4n) is 2.73. The van der Waals surface area contributed by atoms with Gasteiger partial charge in [-0.15, -0.1) is 0 Å². The van der Waals surface area contributed by atoms with Gasteiger partial charge in [0, 0.05) is 31.8 Å². The molecule has 1 aliphatic carbocycles. The van der Waals surface area contributed by atoms with Crippen molar-refractivity contribution < 1.29 is 9.47 Å². The van der Waals surface area contributed by atoms with Crippen molar-refractivity contribution in [1.29, 1.82) is 0 Å². The van der Waals surface area contributed by atoms with Gasteiger partial charge in [0.25, 0.3) is 0 Å². The van der Waals surface area contributed by atoms with E-state index in [1.54, 1.807) is 7.11 Å². The Morgan fingerprint density at radius 3 is 2.85 bits per heavy atom. The van der Waals surface area contributed by atoms with E-state index in [9.17, 15) is 0 Å². The number of aromatic nitrogens is 1. The van der Waals surface area contributed by atoms with E-state index in [1.165, 1.54) is 12.0 Å². The average molecular weight is 278 g/mol. The molecule has 2 unspecified atom stereocenters. The van der Waals surface area contributed by atoms with Crippen LogP contribution in [0.15, 0.2) is 12.1 Å². The lowest BCUT2D eigenvalue weighted by molar-refractivity contribution is 0.0194. The lowest BCUT2D eigenvalue weighted by Gasteiger charge is -2.28. The topological polar surface area (TPSA) is 43.4 Å². The van der Waals surface area contributed by atoms with E-state index in [0.717, 1.165) is 43.9 Å². The Bertz CT molecular complexity index is 423. The Kier molecular flexibility index (Phi) is 5.80. The molecular weight excluding hydrogens is 252 g/mol. The molecule has 20 heavy (non-hydrogen) atoms. The summed E-state index contributed by atoms with van der Waals surface area (Å²) >= 11 is 0. The molecule has 0 amide bonds. The van der Waals surface area contributed by atoms with Gasteiger partial charge in [0.2, 0.25) is 5.88 Å². The number of aryl methyl sites for hydroxylation is 1. The van der Waals surface area contributed by atoms with Gasteiger partial charge < -0.3 is 14.8 Å². The highest BCUT2D eigenvalue weighted by Crippen LogP contribution is 2.25. The first kappa shape index (κ1) is 15.3. The number of rotatable bonds is 6. The highest BCUT2D eigenvalue weighted by molar-refractivity contribution is 5.24. The third-order valence-electron chi connectivity index (χ3n) is 3.77. The van der Waals surface area contributed by atoms with E-state index in [-0.39, 0.29) is 6.10 Å². The predicted octanol–water partition coefficient (Wildman–Crippen LogP) is 2.84. The molecule has 1 heterocycles. The van der Waals surface area contributed by atoms with Crippen molar-refractivity contribution in [2.24, 2.45) is 0 Å². The van der Waals surface area contributed by atoms with Gasteiger partial charge in [-0.05, 0) is 44.4 Å². The van der Waals surface area contributed by atoms with Crippen LogP contribution in [0.2, 0.25) is 0 Å². The number of nitrogens with zero attached hydrogens (tertiary/aromatic N) is 1. The van der Waals surface area contributed by atoms with Gasteiger partial charge in [-0.2, -0.15) is 0 Å². The summed E-state index contributed by atoms with van der Waals surface area (Å²) in [5.41, 5.74) is 2.24.